The molecule has 1 aromatic heterocycles. The van der Waals surface area contributed by atoms with Crippen molar-refractivity contribution < 1.29 is 14.5 Å². The lowest BCUT2D eigenvalue weighted by Gasteiger charge is -2.57. The lowest BCUT2D eigenvalue weighted by Crippen LogP contribution is -2.59. The minimum absolute atomic E-state index is 0.443. The van der Waals surface area contributed by atoms with Gasteiger partial charge in [0.2, 0.25) is 11.6 Å². The largest absolute Gasteiger partial charge is 0.361 e. The van der Waals surface area contributed by atoms with E-state index in [1.54, 1.807) is 0 Å². The van der Waals surface area contributed by atoms with Crippen LogP contribution in [-0.4, -0.2) is 47.6 Å². The molecular formula is C28H36ClN3O3. The number of nitrogens with zero attached hydrogens (tertiary/aromatic N) is 2. The Morgan fingerprint density at radius 1 is 0.971 bits per heavy atom. The minimum atomic E-state index is -0.518. The number of ether oxygens (including phenoxy) is 1. The second kappa shape index (κ2) is 8.84. The zero-order chi connectivity index (χ0) is 23.5. The van der Waals surface area contributed by atoms with Gasteiger partial charge in [-0.05, 0) is 87.6 Å². The smallest absolute Gasteiger partial charge is 0.210 e. The van der Waals surface area contributed by atoms with Gasteiger partial charge in [-0.15, -0.1) is 0 Å². The van der Waals surface area contributed by atoms with Crippen LogP contribution >= 0.6 is 11.6 Å². The number of aromatic nitrogens is 1. The van der Waals surface area contributed by atoms with E-state index in [1.165, 1.54) is 32.1 Å². The van der Waals surface area contributed by atoms with Gasteiger partial charge in [-0.25, -0.2) is 0 Å². The molecule has 2 aliphatic heterocycles. The lowest BCUT2D eigenvalue weighted by atomic mass is 9.53. The summed E-state index contributed by atoms with van der Waals surface area (Å²) in [4.78, 5) is 22.9. The third-order valence-corrected chi connectivity index (χ3v) is 9.70. The first-order chi connectivity index (χ1) is 17.1. The fourth-order valence-electron chi connectivity index (χ4n) is 7.86. The van der Waals surface area contributed by atoms with Gasteiger partial charge in [0, 0.05) is 66.4 Å². The second-order valence-electron chi connectivity index (χ2n) is 11.7. The molecule has 2 spiro atoms. The van der Waals surface area contributed by atoms with E-state index in [2.05, 4.69) is 9.88 Å². The number of rotatable bonds is 5. The summed E-state index contributed by atoms with van der Waals surface area (Å²) in [5, 5.41) is 2.89. The highest BCUT2D eigenvalue weighted by molar-refractivity contribution is 6.31. The molecule has 35 heavy (non-hydrogen) atoms. The number of nitrogens with one attached hydrogen (secondary N) is 1. The Bertz CT molecular complexity index is 1130. The van der Waals surface area contributed by atoms with Crippen molar-refractivity contribution in [1.29, 1.82) is 0 Å². The monoisotopic (exact) mass is 497 g/mol. The Morgan fingerprint density at radius 2 is 1.74 bits per heavy atom. The summed E-state index contributed by atoms with van der Waals surface area (Å²) in [5.74, 6) is 1.92. The fraction of sp³-hybridized carbons (Fsp3) is 0.679. The van der Waals surface area contributed by atoms with Crippen molar-refractivity contribution in [3.63, 3.8) is 0 Å². The zero-order valence-corrected chi connectivity index (χ0v) is 21.1. The van der Waals surface area contributed by atoms with Gasteiger partial charge in [0.25, 0.3) is 0 Å². The van der Waals surface area contributed by atoms with E-state index >= 15 is 0 Å². The van der Waals surface area contributed by atoms with Crippen molar-refractivity contribution in [3.05, 3.63) is 40.8 Å². The average molecular weight is 498 g/mol. The van der Waals surface area contributed by atoms with Gasteiger partial charge in [-0.3, -0.25) is 4.99 Å². The molecule has 2 aromatic rings. The number of piperidine rings is 1. The maximum absolute atomic E-state index is 6.84. The highest BCUT2D eigenvalue weighted by atomic mass is 35.5. The summed E-state index contributed by atoms with van der Waals surface area (Å²) in [6.07, 6.45) is 12.5. The molecule has 4 saturated carbocycles. The zero-order valence-electron chi connectivity index (χ0n) is 20.4. The topological polar surface area (TPSA) is 59.1 Å². The predicted octanol–water partition coefficient (Wildman–Crippen LogP) is 5.43. The molecule has 0 atom stereocenters. The van der Waals surface area contributed by atoms with Crippen LogP contribution in [0, 0.1) is 23.7 Å². The SMILES string of the molecule is Clc1ccc2/c(=N/CCCCN3CCC4(CC3)OOC3(O4)C4CC5CC(C4)CC3C5)cc[nH]c2c1. The summed E-state index contributed by atoms with van der Waals surface area (Å²) in [7, 11) is 0. The van der Waals surface area contributed by atoms with Gasteiger partial charge >= 0.3 is 0 Å². The molecule has 6 aliphatic rings. The summed E-state index contributed by atoms with van der Waals surface area (Å²) >= 11 is 6.12. The molecule has 188 valence electrons. The first-order valence-electron chi connectivity index (χ1n) is 13.7. The van der Waals surface area contributed by atoms with E-state index < -0.39 is 11.6 Å². The number of fused-ring (bicyclic) bond motifs is 1. The van der Waals surface area contributed by atoms with Gasteiger partial charge < -0.3 is 14.6 Å². The number of pyridine rings is 1. The molecule has 6 fully saturated rings. The standard InChI is InChI=1S/C28H36ClN3O3/c29-23-3-4-24-25(5-9-31-26(24)18-23)30-8-1-2-10-32-11-6-27(7-12-32)33-28(35-34-27)21-14-19-13-20(16-21)17-22(28)15-19/h3-5,9,18-22H,1-2,6-8,10-17H2,(H,30,31). The Morgan fingerprint density at radius 3 is 2.51 bits per heavy atom. The Kier molecular flexibility index (Phi) is 5.74. The molecule has 4 aliphatic carbocycles. The van der Waals surface area contributed by atoms with Gasteiger partial charge in [0.05, 0.1) is 5.36 Å². The molecule has 1 N–H and O–H groups in total. The van der Waals surface area contributed by atoms with Crippen LogP contribution in [0.2, 0.25) is 5.02 Å². The molecule has 0 amide bonds. The fourth-order valence-corrected chi connectivity index (χ4v) is 8.03. The molecule has 4 bridgehead atoms. The number of H-pyrrole nitrogens is 1. The molecule has 3 heterocycles. The number of likely N-dealkylation sites (tertiary alicyclic amines) is 1. The number of hydrogen-bond donors (Lipinski definition) is 1. The summed E-state index contributed by atoms with van der Waals surface area (Å²) < 4.78 is 6.84. The van der Waals surface area contributed by atoms with Gasteiger partial charge in [0.15, 0.2) is 0 Å². The van der Waals surface area contributed by atoms with Crippen molar-refractivity contribution in [2.45, 2.75) is 69.4 Å². The molecule has 8 rings (SSSR count). The molecule has 1 aromatic carbocycles. The maximum atomic E-state index is 6.84. The highest BCUT2D eigenvalue weighted by Crippen LogP contribution is 2.63. The van der Waals surface area contributed by atoms with E-state index in [-0.39, 0.29) is 0 Å². The van der Waals surface area contributed by atoms with Crippen LogP contribution < -0.4 is 5.36 Å². The Balaban J connectivity index is 0.903. The number of halogens is 1. The summed E-state index contributed by atoms with van der Waals surface area (Å²) in [6.45, 7) is 3.96. The van der Waals surface area contributed by atoms with Crippen molar-refractivity contribution in [2.24, 2.45) is 28.7 Å². The lowest BCUT2D eigenvalue weighted by molar-refractivity contribution is -0.390. The first kappa shape index (κ1) is 22.7. The number of hydrogen-bond acceptors (Lipinski definition) is 5. The van der Waals surface area contributed by atoms with Gasteiger partial charge in [-0.1, -0.05) is 11.6 Å². The maximum Gasteiger partial charge on any atom is 0.210 e. The highest BCUT2D eigenvalue weighted by Gasteiger charge is 2.66. The number of aromatic amines is 1. The molecule has 0 radical (unpaired) electrons. The molecule has 6 nitrogen and oxygen atoms in total. The van der Waals surface area contributed by atoms with Crippen molar-refractivity contribution in [2.75, 3.05) is 26.2 Å². The van der Waals surface area contributed by atoms with Gasteiger partial charge in [-0.2, -0.15) is 9.78 Å². The van der Waals surface area contributed by atoms with Crippen molar-refractivity contribution in [3.8, 4) is 0 Å². The average Bonchev–Trinajstić information content (AvgIpc) is 3.23. The van der Waals surface area contributed by atoms with Crippen LogP contribution in [0.5, 0.6) is 0 Å². The van der Waals surface area contributed by atoms with Crippen LogP contribution in [0.15, 0.2) is 35.5 Å². The van der Waals surface area contributed by atoms with Crippen molar-refractivity contribution >= 4 is 22.5 Å². The summed E-state index contributed by atoms with van der Waals surface area (Å²) in [5.41, 5.74) is 1.02. The van der Waals surface area contributed by atoms with Crippen LogP contribution in [0.25, 0.3) is 10.9 Å². The third kappa shape index (κ3) is 4.06. The molecular weight excluding hydrogens is 462 g/mol. The van der Waals surface area contributed by atoms with E-state index in [9.17, 15) is 0 Å². The third-order valence-electron chi connectivity index (χ3n) is 9.47. The Hall–Kier alpha value is -1.44. The first-order valence-corrected chi connectivity index (χ1v) is 14.1. The Labute approximate surface area is 211 Å². The molecule has 0 unspecified atom stereocenters. The van der Waals surface area contributed by atoms with E-state index in [0.29, 0.717) is 11.8 Å². The molecule has 2 saturated heterocycles. The summed E-state index contributed by atoms with van der Waals surface area (Å²) in [6, 6.07) is 7.96. The predicted molar refractivity (Wildman–Crippen MR) is 134 cm³/mol. The van der Waals surface area contributed by atoms with E-state index in [4.69, 9.17) is 31.1 Å². The van der Waals surface area contributed by atoms with Crippen LogP contribution in [0.3, 0.4) is 0 Å². The minimum Gasteiger partial charge on any atom is -0.361 e. The second-order valence-corrected chi connectivity index (χ2v) is 12.1. The van der Waals surface area contributed by atoms with Crippen LogP contribution in [-0.2, 0) is 14.5 Å². The normalized spacial score (nSPS) is 36.2. The van der Waals surface area contributed by atoms with Crippen LogP contribution in [0.1, 0.15) is 57.8 Å². The van der Waals surface area contributed by atoms with Crippen molar-refractivity contribution in [1.82, 2.24) is 9.88 Å². The number of unbranched alkanes of at least 4 members (excludes halogenated alkanes) is 1. The van der Waals surface area contributed by atoms with E-state index in [1.807, 2.05) is 30.5 Å². The van der Waals surface area contributed by atoms with Gasteiger partial charge in [0.1, 0.15) is 0 Å². The van der Waals surface area contributed by atoms with Crippen LogP contribution in [0.4, 0.5) is 0 Å². The van der Waals surface area contributed by atoms with E-state index in [0.717, 1.165) is 85.0 Å². The number of benzene rings is 1. The quantitative estimate of drug-likeness (QED) is 0.442. The molecule has 7 heteroatoms.